The molecule has 0 spiro atoms. The lowest BCUT2D eigenvalue weighted by molar-refractivity contribution is 0.410. The number of rotatable bonds is 5. The molecule has 2 N–H and O–H groups in total. The van der Waals surface area contributed by atoms with Gasteiger partial charge >= 0.3 is 0 Å². The molecule has 0 atom stereocenters. The van der Waals surface area contributed by atoms with Crippen LogP contribution in [0.2, 0.25) is 0 Å². The van der Waals surface area contributed by atoms with Crippen LogP contribution < -0.4 is 10.5 Å². The lowest BCUT2D eigenvalue weighted by Crippen LogP contribution is -2.05. The molecule has 0 fully saturated rings. The molecule has 0 radical (unpaired) electrons. The van der Waals surface area contributed by atoms with Crippen LogP contribution in [0.1, 0.15) is 30.4 Å². The summed E-state index contributed by atoms with van der Waals surface area (Å²) in [6, 6.07) is 9.73. The molecule has 0 saturated heterocycles. The lowest BCUT2D eigenvalue weighted by Gasteiger charge is -2.08. The number of anilines is 1. The van der Waals surface area contributed by atoms with Gasteiger partial charge in [-0.05, 0) is 12.5 Å². The van der Waals surface area contributed by atoms with E-state index in [4.69, 9.17) is 10.5 Å². The monoisotopic (exact) mass is 257 g/mol. The zero-order valence-corrected chi connectivity index (χ0v) is 11.4. The Labute approximate surface area is 113 Å². The fourth-order valence-corrected chi connectivity index (χ4v) is 2.06. The molecule has 1 aromatic heterocycles. The summed E-state index contributed by atoms with van der Waals surface area (Å²) in [5.74, 6) is 2.13. The number of aromatic nitrogens is 2. The number of benzene rings is 1. The molecule has 2 aromatic rings. The summed E-state index contributed by atoms with van der Waals surface area (Å²) in [4.78, 5) is 8.85. The Hall–Kier alpha value is -2.10. The second kappa shape index (κ2) is 6.18. The van der Waals surface area contributed by atoms with Crippen LogP contribution in [0.25, 0.3) is 0 Å². The average Bonchev–Trinajstić information content (AvgIpc) is 2.39. The molecule has 19 heavy (non-hydrogen) atoms. The molecule has 0 unspecified atom stereocenters. The predicted octanol–water partition coefficient (Wildman–Crippen LogP) is 2.61. The third-order valence-electron chi connectivity index (χ3n) is 2.89. The topological polar surface area (TPSA) is 61.0 Å². The Morgan fingerprint density at radius 1 is 1.21 bits per heavy atom. The Kier molecular flexibility index (Phi) is 4.34. The summed E-state index contributed by atoms with van der Waals surface area (Å²) < 4.78 is 5.34. The fourth-order valence-electron chi connectivity index (χ4n) is 2.06. The van der Waals surface area contributed by atoms with Crippen LogP contribution in [0.15, 0.2) is 30.3 Å². The van der Waals surface area contributed by atoms with E-state index >= 15 is 0 Å². The van der Waals surface area contributed by atoms with Crippen molar-refractivity contribution in [1.82, 2.24) is 9.97 Å². The van der Waals surface area contributed by atoms with Gasteiger partial charge in [-0.1, -0.05) is 31.5 Å². The first-order valence-electron chi connectivity index (χ1n) is 6.47. The van der Waals surface area contributed by atoms with Crippen molar-refractivity contribution in [1.29, 1.82) is 0 Å². The van der Waals surface area contributed by atoms with E-state index in [0.717, 1.165) is 35.7 Å². The van der Waals surface area contributed by atoms with Gasteiger partial charge in [0.1, 0.15) is 17.4 Å². The van der Waals surface area contributed by atoms with Gasteiger partial charge in [0, 0.05) is 23.7 Å². The largest absolute Gasteiger partial charge is 0.496 e. The molecule has 0 bridgehead atoms. The molecule has 100 valence electrons. The van der Waals surface area contributed by atoms with Gasteiger partial charge in [-0.15, -0.1) is 0 Å². The van der Waals surface area contributed by atoms with E-state index in [0.29, 0.717) is 12.2 Å². The Morgan fingerprint density at radius 2 is 2.00 bits per heavy atom. The van der Waals surface area contributed by atoms with Crippen LogP contribution >= 0.6 is 0 Å². The number of para-hydroxylation sites is 1. The van der Waals surface area contributed by atoms with Crippen LogP contribution in [-0.4, -0.2) is 17.1 Å². The van der Waals surface area contributed by atoms with Crippen LogP contribution in [0.3, 0.4) is 0 Å². The number of hydrogen-bond acceptors (Lipinski definition) is 4. The number of nitrogens with two attached hydrogens (primary N) is 1. The summed E-state index contributed by atoms with van der Waals surface area (Å²) >= 11 is 0. The number of hydrogen-bond donors (Lipinski definition) is 1. The molecular formula is C15H19N3O. The molecule has 4 nitrogen and oxygen atoms in total. The van der Waals surface area contributed by atoms with Crippen LogP contribution in [0.4, 0.5) is 5.82 Å². The van der Waals surface area contributed by atoms with E-state index in [-0.39, 0.29) is 0 Å². The quantitative estimate of drug-likeness (QED) is 0.894. The first-order chi connectivity index (χ1) is 9.22. The van der Waals surface area contributed by atoms with Gasteiger partial charge < -0.3 is 10.5 Å². The van der Waals surface area contributed by atoms with E-state index in [1.165, 1.54) is 0 Å². The molecule has 2 rings (SSSR count). The third-order valence-corrected chi connectivity index (χ3v) is 2.89. The number of ether oxygens (including phenoxy) is 1. The smallest absolute Gasteiger partial charge is 0.135 e. The minimum absolute atomic E-state index is 0.531. The molecule has 0 amide bonds. The second-order valence-corrected chi connectivity index (χ2v) is 4.44. The van der Waals surface area contributed by atoms with Crippen LogP contribution in [-0.2, 0) is 12.8 Å². The maximum Gasteiger partial charge on any atom is 0.135 e. The SMILES string of the molecule is CCCc1cc(N)nc(Cc2ccccc2OC)n1. The number of nitrogen functional groups attached to an aromatic ring is 1. The minimum Gasteiger partial charge on any atom is -0.496 e. The Bertz CT molecular complexity index is 555. The van der Waals surface area contributed by atoms with Crippen LogP contribution in [0, 0.1) is 0 Å². The van der Waals surface area contributed by atoms with Crippen molar-refractivity contribution >= 4 is 5.82 Å². The van der Waals surface area contributed by atoms with Crippen molar-refractivity contribution in [3.8, 4) is 5.75 Å². The van der Waals surface area contributed by atoms with Crippen molar-refractivity contribution in [3.05, 3.63) is 47.4 Å². The van der Waals surface area contributed by atoms with E-state index < -0.39 is 0 Å². The summed E-state index contributed by atoms with van der Waals surface area (Å²) in [5, 5.41) is 0. The van der Waals surface area contributed by atoms with E-state index in [2.05, 4.69) is 16.9 Å². The number of aryl methyl sites for hydroxylation is 1. The number of nitrogens with zero attached hydrogens (tertiary/aromatic N) is 2. The maximum atomic E-state index is 5.83. The van der Waals surface area contributed by atoms with Gasteiger partial charge in [0.05, 0.1) is 7.11 Å². The first-order valence-corrected chi connectivity index (χ1v) is 6.47. The molecule has 0 aliphatic carbocycles. The molecule has 4 heteroatoms. The summed E-state index contributed by atoms with van der Waals surface area (Å²) in [5.41, 5.74) is 7.90. The highest BCUT2D eigenvalue weighted by Crippen LogP contribution is 2.20. The van der Waals surface area contributed by atoms with E-state index in [1.807, 2.05) is 30.3 Å². The normalized spacial score (nSPS) is 10.4. The highest BCUT2D eigenvalue weighted by molar-refractivity contribution is 5.37. The van der Waals surface area contributed by atoms with Crippen molar-refractivity contribution in [3.63, 3.8) is 0 Å². The summed E-state index contributed by atoms with van der Waals surface area (Å²) in [6.07, 6.45) is 2.60. The molecule has 0 aliphatic rings. The third kappa shape index (κ3) is 3.44. The van der Waals surface area contributed by atoms with Gasteiger partial charge in [0.15, 0.2) is 0 Å². The molecule has 0 saturated carbocycles. The maximum absolute atomic E-state index is 5.83. The van der Waals surface area contributed by atoms with Gasteiger partial charge in [0.25, 0.3) is 0 Å². The average molecular weight is 257 g/mol. The highest BCUT2D eigenvalue weighted by atomic mass is 16.5. The van der Waals surface area contributed by atoms with Gasteiger partial charge in [-0.25, -0.2) is 9.97 Å². The zero-order valence-electron chi connectivity index (χ0n) is 11.4. The molecular weight excluding hydrogens is 238 g/mol. The number of methoxy groups -OCH3 is 1. The predicted molar refractivity (Wildman–Crippen MR) is 76.2 cm³/mol. The minimum atomic E-state index is 0.531. The molecule has 1 aromatic carbocycles. The first kappa shape index (κ1) is 13.3. The van der Waals surface area contributed by atoms with Gasteiger partial charge in [-0.3, -0.25) is 0 Å². The fraction of sp³-hybridized carbons (Fsp3) is 0.333. The lowest BCUT2D eigenvalue weighted by atomic mass is 10.1. The van der Waals surface area contributed by atoms with E-state index in [1.54, 1.807) is 7.11 Å². The van der Waals surface area contributed by atoms with Crippen molar-refractivity contribution in [2.75, 3.05) is 12.8 Å². The van der Waals surface area contributed by atoms with Gasteiger partial charge in [-0.2, -0.15) is 0 Å². The zero-order chi connectivity index (χ0) is 13.7. The second-order valence-electron chi connectivity index (χ2n) is 4.44. The van der Waals surface area contributed by atoms with Crippen molar-refractivity contribution in [2.24, 2.45) is 0 Å². The van der Waals surface area contributed by atoms with Gasteiger partial charge in [0.2, 0.25) is 0 Å². The standard InChI is InChI=1S/C15H19N3O/c1-3-6-12-10-14(16)18-15(17-12)9-11-7-4-5-8-13(11)19-2/h4-5,7-8,10H,3,6,9H2,1-2H3,(H2,16,17,18). The van der Waals surface area contributed by atoms with Crippen molar-refractivity contribution in [2.45, 2.75) is 26.2 Å². The molecule has 0 aliphatic heterocycles. The van der Waals surface area contributed by atoms with Crippen molar-refractivity contribution < 1.29 is 4.74 Å². The highest BCUT2D eigenvalue weighted by Gasteiger charge is 2.07. The Balaban J connectivity index is 2.27. The Morgan fingerprint density at radius 3 is 2.74 bits per heavy atom. The van der Waals surface area contributed by atoms with E-state index in [9.17, 15) is 0 Å². The molecule has 1 heterocycles. The summed E-state index contributed by atoms with van der Waals surface area (Å²) in [6.45, 7) is 2.12. The summed E-state index contributed by atoms with van der Waals surface area (Å²) in [7, 11) is 1.67. The van der Waals surface area contributed by atoms with Crippen LogP contribution in [0.5, 0.6) is 5.75 Å².